The van der Waals surface area contributed by atoms with Gasteiger partial charge in [-0.25, -0.2) is 13.2 Å². The monoisotopic (exact) mass is 309 g/mol. The van der Waals surface area contributed by atoms with Crippen LogP contribution in [0.2, 0.25) is 5.02 Å². The van der Waals surface area contributed by atoms with Crippen molar-refractivity contribution in [1.82, 2.24) is 4.98 Å². The smallest absolute Gasteiger partial charge is 0.201 e. The Kier molecular flexibility index (Phi) is 3.22. The Morgan fingerprint density at radius 2 is 1.71 bits per heavy atom. The Morgan fingerprint density at radius 3 is 2.38 bits per heavy atom. The molecule has 3 aromatic rings. The van der Waals surface area contributed by atoms with Crippen LogP contribution in [0.4, 0.5) is 13.2 Å². The Morgan fingerprint density at radius 1 is 1.05 bits per heavy atom. The second-order valence-corrected chi connectivity index (χ2v) is 4.90. The summed E-state index contributed by atoms with van der Waals surface area (Å²) in [6.45, 7) is 0. The summed E-state index contributed by atoms with van der Waals surface area (Å²) in [5.74, 6) is -4.44. The number of rotatable bonds is 2. The first-order chi connectivity index (χ1) is 9.97. The molecule has 0 bridgehead atoms. The fourth-order valence-corrected chi connectivity index (χ4v) is 2.35. The third-order valence-corrected chi connectivity index (χ3v) is 3.36. The maximum absolute atomic E-state index is 13.7. The molecule has 0 aliphatic carbocycles. The molecule has 0 aliphatic heterocycles. The van der Waals surface area contributed by atoms with E-state index in [1.54, 1.807) is 12.1 Å². The average Bonchev–Trinajstić information content (AvgIpc) is 2.80. The summed E-state index contributed by atoms with van der Waals surface area (Å²) in [5, 5.41) is 0.826. The molecule has 0 aliphatic rings. The second kappa shape index (κ2) is 4.93. The van der Waals surface area contributed by atoms with E-state index in [1.165, 1.54) is 12.3 Å². The predicted octanol–water partition coefficient (Wildman–Crippen LogP) is 4.47. The normalized spacial score (nSPS) is 11.0. The number of aromatic nitrogens is 1. The van der Waals surface area contributed by atoms with Crippen molar-refractivity contribution in [2.75, 3.05) is 0 Å². The number of benzene rings is 2. The first-order valence-electron chi connectivity index (χ1n) is 5.93. The lowest BCUT2D eigenvalue weighted by Gasteiger charge is -2.04. The molecular formula is C15H7ClF3NO. The van der Waals surface area contributed by atoms with E-state index in [1.807, 2.05) is 0 Å². The molecule has 1 N–H and O–H groups in total. The van der Waals surface area contributed by atoms with Gasteiger partial charge >= 0.3 is 0 Å². The zero-order valence-corrected chi connectivity index (χ0v) is 11.1. The summed E-state index contributed by atoms with van der Waals surface area (Å²) < 4.78 is 40.3. The topological polar surface area (TPSA) is 32.9 Å². The highest BCUT2D eigenvalue weighted by Crippen LogP contribution is 2.26. The SMILES string of the molecule is O=C(c1c(F)cc(F)cc1F)c1c[nH]c2ccc(Cl)cc12. The minimum Gasteiger partial charge on any atom is -0.360 e. The zero-order valence-electron chi connectivity index (χ0n) is 10.4. The Labute approximate surface area is 122 Å². The Bertz CT molecular complexity index is 849. The number of hydrogen-bond acceptors (Lipinski definition) is 1. The largest absolute Gasteiger partial charge is 0.360 e. The number of carbonyl (C=O) groups excluding carboxylic acids is 1. The number of halogens is 4. The summed E-state index contributed by atoms with van der Waals surface area (Å²) in [4.78, 5) is 15.1. The lowest BCUT2D eigenvalue weighted by molar-refractivity contribution is 0.103. The van der Waals surface area contributed by atoms with Crippen LogP contribution >= 0.6 is 11.6 Å². The van der Waals surface area contributed by atoms with Crippen LogP contribution in [0, 0.1) is 17.5 Å². The van der Waals surface area contributed by atoms with Gasteiger partial charge in [0.2, 0.25) is 5.78 Å². The van der Waals surface area contributed by atoms with Crippen molar-refractivity contribution in [2.24, 2.45) is 0 Å². The fraction of sp³-hybridized carbons (Fsp3) is 0. The molecule has 2 nitrogen and oxygen atoms in total. The van der Waals surface area contributed by atoms with E-state index in [9.17, 15) is 18.0 Å². The third-order valence-electron chi connectivity index (χ3n) is 3.12. The van der Waals surface area contributed by atoms with Gasteiger partial charge in [-0.15, -0.1) is 0 Å². The van der Waals surface area contributed by atoms with E-state index < -0.39 is 28.8 Å². The van der Waals surface area contributed by atoms with Gasteiger partial charge in [0.1, 0.15) is 17.5 Å². The lowest BCUT2D eigenvalue weighted by atomic mass is 10.0. The summed E-state index contributed by atoms with van der Waals surface area (Å²) in [6.07, 6.45) is 1.34. The van der Waals surface area contributed by atoms with Crippen LogP contribution in [0.1, 0.15) is 15.9 Å². The van der Waals surface area contributed by atoms with Crippen LogP contribution in [-0.4, -0.2) is 10.8 Å². The molecule has 0 saturated carbocycles. The van der Waals surface area contributed by atoms with Crippen molar-refractivity contribution in [3.8, 4) is 0 Å². The van der Waals surface area contributed by atoms with Crippen molar-refractivity contribution < 1.29 is 18.0 Å². The number of carbonyl (C=O) groups is 1. The lowest BCUT2D eigenvalue weighted by Crippen LogP contribution is -2.07. The standard InChI is InChI=1S/C15H7ClF3NO/c16-7-1-2-13-9(3-7)10(6-20-13)15(21)14-11(18)4-8(17)5-12(14)19/h1-6,20H. The van der Waals surface area contributed by atoms with Gasteiger partial charge in [0.15, 0.2) is 0 Å². The van der Waals surface area contributed by atoms with E-state index in [0.717, 1.165) is 0 Å². The molecule has 0 saturated heterocycles. The molecule has 1 aromatic heterocycles. The van der Waals surface area contributed by atoms with E-state index in [4.69, 9.17) is 11.6 Å². The van der Waals surface area contributed by atoms with Gasteiger partial charge in [0.05, 0.1) is 5.56 Å². The third kappa shape index (κ3) is 2.29. The fourth-order valence-electron chi connectivity index (χ4n) is 2.17. The highest BCUT2D eigenvalue weighted by molar-refractivity contribution is 6.31. The number of hydrogen-bond donors (Lipinski definition) is 1. The van der Waals surface area contributed by atoms with Crippen molar-refractivity contribution in [1.29, 1.82) is 0 Å². The maximum Gasteiger partial charge on any atom is 0.201 e. The van der Waals surface area contributed by atoms with E-state index in [-0.39, 0.29) is 5.56 Å². The molecule has 0 fully saturated rings. The predicted molar refractivity (Wildman–Crippen MR) is 73.1 cm³/mol. The minimum atomic E-state index is -1.24. The van der Waals surface area contributed by atoms with Crippen molar-refractivity contribution in [3.05, 3.63) is 70.1 Å². The van der Waals surface area contributed by atoms with Gasteiger partial charge in [-0.3, -0.25) is 4.79 Å². The van der Waals surface area contributed by atoms with E-state index in [0.29, 0.717) is 28.1 Å². The van der Waals surface area contributed by atoms with Crippen LogP contribution in [0.15, 0.2) is 36.5 Å². The summed E-state index contributed by atoms with van der Waals surface area (Å²) in [6, 6.07) is 5.72. The van der Waals surface area contributed by atoms with Gasteiger partial charge in [0, 0.05) is 39.8 Å². The summed E-state index contributed by atoms with van der Waals surface area (Å²) >= 11 is 5.86. The van der Waals surface area contributed by atoms with Crippen LogP contribution in [0.3, 0.4) is 0 Å². The minimum absolute atomic E-state index is 0.0666. The van der Waals surface area contributed by atoms with Gasteiger partial charge < -0.3 is 4.98 Å². The molecule has 0 amide bonds. The quantitative estimate of drug-likeness (QED) is 0.696. The highest BCUT2D eigenvalue weighted by Gasteiger charge is 2.22. The molecule has 3 rings (SSSR count). The molecule has 0 radical (unpaired) electrons. The molecule has 2 aromatic carbocycles. The van der Waals surface area contributed by atoms with Crippen LogP contribution in [0.25, 0.3) is 10.9 Å². The van der Waals surface area contributed by atoms with E-state index >= 15 is 0 Å². The van der Waals surface area contributed by atoms with Crippen LogP contribution in [-0.2, 0) is 0 Å². The molecule has 1 heterocycles. The van der Waals surface area contributed by atoms with Gasteiger partial charge in [-0.05, 0) is 18.2 Å². The van der Waals surface area contributed by atoms with Crippen molar-refractivity contribution in [3.63, 3.8) is 0 Å². The van der Waals surface area contributed by atoms with Gasteiger partial charge in [0.25, 0.3) is 0 Å². The summed E-state index contributed by atoms with van der Waals surface area (Å²) in [5.41, 5.74) is -0.125. The average molecular weight is 310 g/mol. The van der Waals surface area contributed by atoms with Gasteiger partial charge in [-0.2, -0.15) is 0 Å². The number of fused-ring (bicyclic) bond motifs is 1. The summed E-state index contributed by atoms with van der Waals surface area (Å²) in [7, 11) is 0. The maximum atomic E-state index is 13.7. The molecule has 6 heteroatoms. The molecule has 0 atom stereocenters. The number of ketones is 1. The van der Waals surface area contributed by atoms with Crippen LogP contribution in [0.5, 0.6) is 0 Å². The zero-order chi connectivity index (χ0) is 15.1. The molecule has 0 unspecified atom stereocenters. The second-order valence-electron chi connectivity index (χ2n) is 4.47. The molecule has 0 spiro atoms. The number of nitrogens with one attached hydrogen (secondary N) is 1. The Balaban J connectivity index is 2.20. The first kappa shape index (κ1) is 13.7. The van der Waals surface area contributed by atoms with Crippen molar-refractivity contribution in [2.45, 2.75) is 0 Å². The van der Waals surface area contributed by atoms with Gasteiger partial charge in [-0.1, -0.05) is 11.6 Å². The number of aromatic amines is 1. The van der Waals surface area contributed by atoms with Crippen LogP contribution < -0.4 is 0 Å². The van der Waals surface area contributed by atoms with Crippen molar-refractivity contribution >= 4 is 28.3 Å². The molecular weight excluding hydrogens is 303 g/mol. The Hall–Kier alpha value is -2.27. The van der Waals surface area contributed by atoms with E-state index in [2.05, 4.69) is 4.98 Å². The first-order valence-corrected chi connectivity index (χ1v) is 6.31. The number of H-pyrrole nitrogens is 1. The highest BCUT2D eigenvalue weighted by atomic mass is 35.5. The molecule has 106 valence electrons. The molecule has 21 heavy (non-hydrogen) atoms.